The SMILES string of the molecule is NN(N)c1ccc2c3c(cccc13)C(=O)NC2=O. The minimum Gasteiger partial charge on any atom is -0.288 e. The van der Waals surface area contributed by atoms with Crippen LogP contribution in [-0.4, -0.2) is 11.8 Å². The van der Waals surface area contributed by atoms with Crippen LogP contribution in [0.3, 0.4) is 0 Å². The van der Waals surface area contributed by atoms with Gasteiger partial charge >= 0.3 is 0 Å². The third kappa shape index (κ3) is 1.30. The first-order chi connectivity index (χ1) is 8.59. The molecule has 90 valence electrons. The highest BCUT2D eigenvalue weighted by Crippen LogP contribution is 2.32. The van der Waals surface area contributed by atoms with Crippen LogP contribution in [0.4, 0.5) is 5.69 Å². The lowest BCUT2D eigenvalue weighted by molar-refractivity contribution is 0.0845. The van der Waals surface area contributed by atoms with Crippen molar-refractivity contribution in [2.45, 2.75) is 0 Å². The highest BCUT2D eigenvalue weighted by Gasteiger charge is 2.25. The van der Waals surface area contributed by atoms with Gasteiger partial charge in [-0.25, -0.2) is 16.8 Å². The maximum atomic E-state index is 11.8. The molecule has 1 aliphatic heterocycles. The Morgan fingerprint density at radius 3 is 2.28 bits per heavy atom. The molecular weight excluding hydrogens is 232 g/mol. The zero-order valence-corrected chi connectivity index (χ0v) is 9.31. The van der Waals surface area contributed by atoms with E-state index < -0.39 is 11.8 Å². The van der Waals surface area contributed by atoms with Crippen molar-refractivity contribution in [1.82, 2.24) is 5.32 Å². The van der Waals surface area contributed by atoms with Gasteiger partial charge in [0.1, 0.15) is 0 Å². The van der Waals surface area contributed by atoms with Crippen LogP contribution >= 0.6 is 0 Å². The molecule has 2 amide bonds. The van der Waals surface area contributed by atoms with Crippen molar-refractivity contribution in [3.63, 3.8) is 0 Å². The zero-order valence-electron chi connectivity index (χ0n) is 9.31. The van der Waals surface area contributed by atoms with Crippen molar-refractivity contribution in [3.8, 4) is 0 Å². The summed E-state index contributed by atoms with van der Waals surface area (Å²) >= 11 is 0. The molecule has 1 aliphatic rings. The molecular formula is C12H10N4O2. The van der Waals surface area contributed by atoms with Crippen molar-refractivity contribution < 1.29 is 9.59 Å². The van der Waals surface area contributed by atoms with Crippen LogP contribution in [0.25, 0.3) is 10.8 Å². The van der Waals surface area contributed by atoms with Crippen LogP contribution in [0.5, 0.6) is 0 Å². The van der Waals surface area contributed by atoms with E-state index >= 15 is 0 Å². The summed E-state index contributed by atoms with van der Waals surface area (Å²) in [5.74, 6) is 10.3. The molecule has 0 aliphatic carbocycles. The number of amides is 2. The van der Waals surface area contributed by atoms with Gasteiger partial charge in [0.25, 0.3) is 11.8 Å². The fourth-order valence-corrected chi connectivity index (χ4v) is 2.23. The Balaban J connectivity index is 2.49. The van der Waals surface area contributed by atoms with Gasteiger partial charge in [0.05, 0.1) is 5.69 Å². The molecule has 0 saturated carbocycles. The maximum Gasteiger partial charge on any atom is 0.258 e. The summed E-state index contributed by atoms with van der Waals surface area (Å²) in [6.45, 7) is 0. The molecule has 6 heteroatoms. The molecule has 0 radical (unpaired) electrons. The molecule has 1 heterocycles. The molecule has 2 aromatic carbocycles. The smallest absolute Gasteiger partial charge is 0.258 e. The molecule has 0 aromatic heterocycles. The third-order valence-corrected chi connectivity index (χ3v) is 3.01. The number of hydrogen-bond donors (Lipinski definition) is 3. The summed E-state index contributed by atoms with van der Waals surface area (Å²) in [4.78, 5) is 23.5. The number of hydrazine groups is 2. The number of benzene rings is 2. The van der Waals surface area contributed by atoms with E-state index in [1.54, 1.807) is 30.3 Å². The molecule has 0 unspecified atom stereocenters. The molecule has 6 nitrogen and oxygen atoms in total. The molecule has 18 heavy (non-hydrogen) atoms. The number of anilines is 1. The lowest BCUT2D eigenvalue weighted by Crippen LogP contribution is -2.39. The van der Waals surface area contributed by atoms with Gasteiger partial charge in [-0.05, 0) is 18.2 Å². The van der Waals surface area contributed by atoms with E-state index in [0.717, 1.165) is 5.12 Å². The highest BCUT2D eigenvalue weighted by atomic mass is 16.2. The largest absolute Gasteiger partial charge is 0.288 e. The maximum absolute atomic E-state index is 11.8. The summed E-state index contributed by atoms with van der Waals surface area (Å²) in [6.07, 6.45) is 0. The van der Waals surface area contributed by atoms with E-state index in [0.29, 0.717) is 27.6 Å². The molecule has 0 saturated heterocycles. The van der Waals surface area contributed by atoms with Crippen LogP contribution < -0.4 is 22.1 Å². The second-order valence-corrected chi connectivity index (χ2v) is 4.05. The number of nitrogens with two attached hydrogens (primary N) is 2. The van der Waals surface area contributed by atoms with E-state index in [1.807, 2.05) is 0 Å². The van der Waals surface area contributed by atoms with E-state index in [2.05, 4.69) is 5.32 Å². The predicted octanol–water partition coefficient (Wildman–Crippen LogP) is 0.277. The summed E-state index contributed by atoms with van der Waals surface area (Å²) in [5, 5.41) is 4.53. The van der Waals surface area contributed by atoms with Crippen molar-refractivity contribution >= 4 is 28.3 Å². The van der Waals surface area contributed by atoms with E-state index in [-0.39, 0.29) is 0 Å². The summed E-state index contributed by atoms with van der Waals surface area (Å²) in [6, 6.07) is 8.42. The van der Waals surface area contributed by atoms with Crippen molar-refractivity contribution in [1.29, 1.82) is 0 Å². The van der Waals surface area contributed by atoms with Crippen LogP contribution in [0.2, 0.25) is 0 Å². The topological polar surface area (TPSA) is 101 Å². The first-order valence-electron chi connectivity index (χ1n) is 5.30. The lowest BCUT2D eigenvalue weighted by atomic mass is 9.94. The quantitative estimate of drug-likeness (QED) is 0.378. The summed E-state index contributed by atoms with van der Waals surface area (Å²) < 4.78 is 0. The minimum atomic E-state index is -0.407. The lowest BCUT2D eigenvalue weighted by Gasteiger charge is -2.20. The van der Waals surface area contributed by atoms with Crippen LogP contribution in [0.1, 0.15) is 20.7 Å². The number of nitrogens with one attached hydrogen (secondary N) is 1. The normalized spacial score (nSPS) is 13.7. The minimum absolute atomic E-state index is 0.407. The van der Waals surface area contributed by atoms with Crippen molar-refractivity contribution in [2.24, 2.45) is 11.7 Å². The zero-order chi connectivity index (χ0) is 12.9. The van der Waals surface area contributed by atoms with Crippen LogP contribution in [0.15, 0.2) is 30.3 Å². The van der Waals surface area contributed by atoms with E-state index in [1.165, 1.54) is 0 Å². The Labute approximate surface area is 102 Å². The first kappa shape index (κ1) is 10.7. The Morgan fingerprint density at radius 2 is 1.61 bits per heavy atom. The number of imide groups is 1. The van der Waals surface area contributed by atoms with Crippen LogP contribution in [-0.2, 0) is 0 Å². The number of carbonyl (C=O) groups is 2. The molecule has 0 spiro atoms. The number of hydrogen-bond acceptors (Lipinski definition) is 5. The summed E-state index contributed by atoms with van der Waals surface area (Å²) in [5.41, 5.74) is 1.45. The standard InChI is InChI=1S/C12H10N4O2/c13-16(14)9-5-4-8-10-6(9)2-1-3-7(10)11(17)15-12(8)18/h1-5H,13-14H2,(H,15,17,18). The third-order valence-electron chi connectivity index (χ3n) is 3.01. The van der Waals surface area contributed by atoms with Gasteiger partial charge in [0.2, 0.25) is 0 Å². The molecule has 5 N–H and O–H groups in total. The number of carbonyl (C=O) groups excluding carboxylic acids is 2. The number of nitrogens with zero attached hydrogens (tertiary/aromatic N) is 1. The molecule has 3 rings (SSSR count). The van der Waals surface area contributed by atoms with Crippen LogP contribution in [0, 0.1) is 0 Å². The van der Waals surface area contributed by atoms with Crippen molar-refractivity contribution in [2.75, 3.05) is 5.12 Å². The average molecular weight is 242 g/mol. The Bertz CT molecular complexity index is 674. The van der Waals surface area contributed by atoms with Gasteiger partial charge in [0, 0.05) is 21.9 Å². The van der Waals surface area contributed by atoms with Gasteiger partial charge in [-0.2, -0.15) is 0 Å². The van der Waals surface area contributed by atoms with Gasteiger partial charge in [-0.15, -0.1) is 0 Å². The molecule has 2 aromatic rings. The average Bonchev–Trinajstić information content (AvgIpc) is 2.34. The fourth-order valence-electron chi connectivity index (χ4n) is 2.23. The summed E-state index contributed by atoms with van der Waals surface area (Å²) in [7, 11) is 0. The second kappa shape index (κ2) is 3.52. The molecule has 0 fully saturated rings. The van der Waals surface area contributed by atoms with Gasteiger partial charge in [0.15, 0.2) is 0 Å². The van der Waals surface area contributed by atoms with E-state index in [9.17, 15) is 9.59 Å². The Kier molecular flexibility index (Phi) is 2.09. The van der Waals surface area contributed by atoms with Crippen molar-refractivity contribution in [3.05, 3.63) is 41.5 Å². The van der Waals surface area contributed by atoms with E-state index in [4.69, 9.17) is 11.7 Å². The number of rotatable bonds is 1. The van der Waals surface area contributed by atoms with Gasteiger partial charge in [-0.3, -0.25) is 14.9 Å². The molecule has 0 bridgehead atoms. The van der Waals surface area contributed by atoms with Gasteiger partial charge < -0.3 is 0 Å². The Hall–Kier alpha value is -2.44. The highest BCUT2D eigenvalue weighted by molar-refractivity contribution is 6.26. The molecule has 0 atom stereocenters. The fraction of sp³-hybridized carbons (Fsp3) is 0. The van der Waals surface area contributed by atoms with Gasteiger partial charge in [-0.1, -0.05) is 12.1 Å². The predicted molar refractivity (Wildman–Crippen MR) is 66.6 cm³/mol. The monoisotopic (exact) mass is 242 g/mol. The Morgan fingerprint density at radius 1 is 0.944 bits per heavy atom. The first-order valence-corrected chi connectivity index (χ1v) is 5.30. The second-order valence-electron chi connectivity index (χ2n) is 4.05.